The molecule has 2 aliphatic carbocycles. The molecule has 2 bridgehead atoms. The lowest BCUT2D eigenvalue weighted by Crippen LogP contribution is -2.57. The molecule has 6 atom stereocenters. The maximum Gasteiger partial charge on any atom is 0.0632 e. The molecule has 18 heavy (non-hydrogen) atoms. The summed E-state index contributed by atoms with van der Waals surface area (Å²) in [5.74, 6) is 1.94. The normalized spacial score (nSPS) is 52.3. The molecule has 2 fully saturated rings. The number of alkyl halides is 2. The average molecular weight is 476 g/mol. The predicted octanol–water partition coefficient (Wildman–Crippen LogP) is 4.69. The first kappa shape index (κ1) is 15.8. The van der Waals surface area contributed by atoms with Crippen LogP contribution in [-0.4, -0.2) is 20.1 Å². The number of fused-ring (bicyclic) bond motifs is 2. The summed E-state index contributed by atoms with van der Waals surface area (Å²) in [6.45, 7) is 7.10. The fourth-order valence-electron chi connectivity index (χ4n) is 4.62. The van der Waals surface area contributed by atoms with Gasteiger partial charge in [0.25, 0.3) is 0 Å². The molecule has 0 radical (unpaired) electrons. The molecule has 2 rings (SSSR count). The molecule has 1 N–H and O–H groups in total. The standard InChI is InChI=1S/C15H26I2O/c1-10-12-8-11(15(3,9-17)13(10)18)4-5-14(12,2)6-7-16/h10-13,18H,4-9H2,1-3H3. The Morgan fingerprint density at radius 2 is 1.94 bits per heavy atom. The van der Waals surface area contributed by atoms with E-state index < -0.39 is 0 Å². The highest BCUT2D eigenvalue weighted by atomic mass is 127. The summed E-state index contributed by atoms with van der Waals surface area (Å²) in [6.07, 6.45) is 5.27. The maximum atomic E-state index is 10.8. The van der Waals surface area contributed by atoms with Crippen LogP contribution >= 0.6 is 45.2 Å². The Morgan fingerprint density at radius 1 is 1.28 bits per heavy atom. The number of aliphatic hydroxyl groups is 1. The molecule has 0 heterocycles. The summed E-state index contributed by atoms with van der Waals surface area (Å²) in [7, 11) is 0. The molecule has 0 aromatic rings. The lowest BCUT2D eigenvalue weighted by atomic mass is 9.48. The van der Waals surface area contributed by atoms with Gasteiger partial charge in [-0.05, 0) is 48.9 Å². The van der Waals surface area contributed by atoms with Crippen LogP contribution in [-0.2, 0) is 0 Å². The molecular weight excluding hydrogens is 450 g/mol. The van der Waals surface area contributed by atoms with Crippen molar-refractivity contribution in [2.45, 2.75) is 52.6 Å². The van der Waals surface area contributed by atoms with Crippen LogP contribution in [0.1, 0.15) is 46.5 Å². The van der Waals surface area contributed by atoms with E-state index in [1.165, 1.54) is 30.1 Å². The maximum absolute atomic E-state index is 10.8. The van der Waals surface area contributed by atoms with Crippen molar-refractivity contribution in [1.82, 2.24) is 0 Å². The molecule has 106 valence electrons. The first-order chi connectivity index (χ1) is 8.39. The summed E-state index contributed by atoms with van der Waals surface area (Å²) < 4.78 is 2.35. The van der Waals surface area contributed by atoms with Crippen molar-refractivity contribution in [3.63, 3.8) is 0 Å². The highest BCUT2D eigenvalue weighted by Gasteiger charge is 2.56. The molecule has 3 heteroatoms. The third-order valence-electron chi connectivity index (χ3n) is 6.19. The van der Waals surface area contributed by atoms with Gasteiger partial charge in [-0.25, -0.2) is 0 Å². The quantitative estimate of drug-likeness (QED) is 0.464. The zero-order chi connectivity index (χ0) is 13.6. The minimum Gasteiger partial charge on any atom is -0.392 e. The molecular formula is C15H26I2O. The lowest BCUT2D eigenvalue weighted by Gasteiger charge is -2.59. The molecule has 0 aromatic heterocycles. The van der Waals surface area contributed by atoms with Crippen LogP contribution in [0.25, 0.3) is 0 Å². The van der Waals surface area contributed by atoms with Crippen LogP contribution in [0.15, 0.2) is 0 Å². The Hall–Kier alpha value is 1.42. The molecule has 0 aromatic carbocycles. The summed E-state index contributed by atoms with van der Waals surface area (Å²) in [5, 5.41) is 10.8. The summed E-state index contributed by atoms with van der Waals surface area (Å²) >= 11 is 5.00. The van der Waals surface area contributed by atoms with Crippen molar-refractivity contribution in [2.24, 2.45) is 28.6 Å². The van der Waals surface area contributed by atoms with Gasteiger partial charge in [-0.2, -0.15) is 0 Å². The van der Waals surface area contributed by atoms with E-state index in [1.807, 2.05) is 0 Å². The van der Waals surface area contributed by atoms with E-state index in [-0.39, 0.29) is 11.5 Å². The molecule has 2 aliphatic rings. The second-order valence-corrected chi connectivity index (χ2v) is 8.96. The fraction of sp³-hybridized carbons (Fsp3) is 1.00. The van der Waals surface area contributed by atoms with Gasteiger partial charge in [-0.3, -0.25) is 0 Å². The SMILES string of the molecule is CC1C2CC(CCC2(C)CCI)C(C)(CI)C1O. The smallest absolute Gasteiger partial charge is 0.0632 e. The molecule has 1 nitrogen and oxygen atoms in total. The minimum atomic E-state index is -0.105. The first-order valence-electron chi connectivity index (χ1n) is 7.19. The molecule has 6 unspecified atom stereocenters. The van der Waals surface area contributed by atoms with Crippen molar-refractivity contribution >= 4 is 45.2 Å². The van der Waals surface area contributed by atoms with E-state index in [4.69, 9.17) is 0 Å². The Morgan fingerprint density at radius 3 is 2.50 bits per heavy atom. The number of rotatable bonds is 3. The monoisotopic (exact) mass is 476 g/mol. The Labute approximate surface area is 139 Å². The molecule has 0 saturated heterocycles. The second-order valence-electron chi connectivity index (χ2n) is 7.11. The van der Waals surface area contributed by atoms with Crippen molar-refractivity contribution in [2.75, 3.05) is 8.86 Å². The van der Waals surface area contributed by atoms with Crippen LogP contribution in [0.3, 0.4) is 0 Å². The third kappa shape index (κ3) is 2.38. The Bertz CT molecular complexity index is 305. The van der Waals surface area contributed by atoms with Gasteiger partial charge in [-0.1, -0.05) is 66.0 Å². The number of hydrogen-bond donors (Lipinski definition) is 1. The number of hydrogen-bond acceptors (Lipinski definition) is 1. The van der Waals surface area contributed by atoms with Gasteiger partial charge < -0.3 is 5.11 Å². The molecule has 0 aliphatic heterocycles. The van der Waals surface area contributed by atoms with Crippen molar-refractivity contribution in [3.8, 4) is 0 Å². The average Bonchev–Trinajstić information content (AvgIpc) is 2.35. The van der Waals surface area contributed by atoms with Crippen molar-refractivity contribution in [3.05, 3.63) is 0 Å². The van der Waals surface area contributed by atoms with Gasteiger partial charge in [0.2, 0.25) is 0 Å². The molecule has 0 amide bonds. The van der Waals surface area contributed by atoms with Gasteiger partial charge in [-0.15, -0.1) is 0 Å². The van der Waals surface area contributed by atoms with Gasteiger partial charge in [0.1, 0.15) is 0 Å². The topological polar surface area (TPSA) is 20.2 Å². The zero-order valence-electron chi connectivity index (χ0n) is 11.8. The van der Waals surface area contributed by atoms with E-state index in [0.717, 1.165) is 16.3 Å². The van der Waals surface area contributed by atoms with Gasteiger partial charge in [0.05, 0.1) is 6.10 Å². The summed E-state index contributed by atoms with van der Waals surface area (Å²) in [5.41, 5.74) is 0.632. The van der Waals surface area contributed by atoms with Crippen LogP contribution in [0.2, 0.25) is 0 Å². The van der Waals surface area contributed by atoms with Crippen molar-refractivity contribution in [1.29, 1.82) is 0 Å². The predicted molar refractivity (Wildman–Crippen MR) is 94.6 cm³/mol. The molecule has 2 saturated carbocycles. The van der Waals surface area contributed by atoms with Gasteiger partial charge >= 0.3 is 0 Å². The third-order valence-corrected chi connectivity index (χ3v) is 8.38. The highest BCUT2D eigenvalue weighted by molar-refractivity contribution is 14.1. The highest BCUT2D eigenvalue weighted by Crippen LogP contribution is 2.60. The molecule has 0 spiro atoms. The van der Waals surface area contributed by atoms with Crippen LogP contribution in [0.4, 0.5) is 0 Å². The number of aliphatic hydroxyl groups excluding tert-OH is 1. The van der Waals surface area contributed by atoms with Gasteiger partial charge in [0.15, 0.2) is 0 Å². The second kappa shape index (κ2) is 5.66. The van der Waals surface area contributed by atoms with E-state index >= 15 is 0 Å². The van der Waals surface area contributed by atoms with E-state index in [1.54, 1.807) is 0 Å². The lowest BCUT2D eigenvalue weighted by molar-refractivity contribution is -0.143. The van der Waals surface area contributed by atoms with E-state index in [9.17, 15) is 5.11 Å². The van der Waals surface area contributed by atoms with E-state index in [0.29, 0.717) is 11.3 Å². The van der Waals surface area contributed by atoms with Crippen LogP contribution < -0.4 is 0 Å². The van der Waals surface area contributed by atoms with Crippen LogP contribution in [0.5, 0.6) is 0 Å². The number of halogens is 2. The zero-order valence-corrected chi connectivity index (χ0v) is 16.1. The Balaban J connectivity index is 2.27. The van der Waals surface area contributed by atoms with Crippen molar-refractivity contribution < 1.29 is 5.11 Å². The van der Waals surface area contributed by atoms with E-state index in [2.05, 4.69) is 66.0 Å². The van der Waals surface area contributed by atoms with Crippen LogP contribution in [0, 0.1) is 28.6 Å². The fourth-order valence-corrected chi connectivity index (χ4v) is 6.93. The Kier molecular flexibility index (Phi) is 4.97. The first-order valence-corrected chi connectivity index (χ1v) is 10.2. The minimum absolute atomic E-state index is 0.105. The summed E-state index contributed by atoms with van der Waals surface area (Å²) in [6, 6.07) is 0. The largest absolute Gasteiger partial charge is 0.392 e. The van der Waals surface area contributed by atoms with Gasteiger partial charge in [0, 0.05) is 14.3 Å². The summed E-state index contributed by atoms with van der Waals surface area (Å²) in [4.78, 5) is 0.